The van der Waals surface area contributed by atoms with Crippen molar-refractivity contribution in [3.8, 4) is 0 Å². The Kier molecular flexibility index (Phi) is 2.04. The second kappa shape index (κ2) is 2.99. The molecule has 1 nitrogen and oxygen atoms in total. The number of hydrogen-bond acceptors (Lipinski definition) is 2. The molecule has 0 spiro atoms. The standard InChI is InChI=1S/C12H15NS/c1-6-7(2)9(4)12-11(8(6)3)10(13)5-14-12/h5H,13H2,1-4H3. The topological polar surface area (TPSA) is 26.0 Å². The Morgan fingerprint density at radius 2 is 1.50 bits per heavy atom. The molecular formula is C12H15NS. The average molecular weight is 205 g/mol. The fourth-order valence-corrected chi connectivity index (χ4v) is 3.04. The molecule has 0 fully saturated rings. The van der Waals surface area contributed by atoms with Crippen LogP contribution in [0.2, 0.25) is 0 Å². The van der Waals surface area contributed by atoms with Gasteiger partial charge in [0.2, 0.25) is 0 Å². The average Bonchev–Trinajstić information content (AvgIpc) is 2.54. The molecule has 0 aliphatic carbocycles. The predicted molar refractivity (Wildman–Crippen MR) is 65.2 cm³/mol. The van der Waals surface area contributed by atoms with Crippen molar-refractivity contribution < 1.29 is 0 Å². The Hall–Kier alpha value is -1.02. The first-order valence-electron chi connectivity index (χ1n) is 4.77. The van der Waals surface area contributed by atoms with Crippen LogP contribution in [0.5, 0.6) is 0 Å². The highest BCUT2D eigenvalue weighted by Gasteiger charge is 2.12. The van der Waals surface area contributed by atoms with E-state index in [0.29, 0.717) is 0 Å². The summed E-state index contributed by atoms with van der Waals surface area (Å²) in [6.07, 6.45) is 0. The van der Waals surface area contributed by atoms with E-state index >= 15 is 0 Å². The minimum absolute atomic E-state index is 0.925. The fraction of sp³-hybridized carbons (Fsp3) is 0.333. The zero-order valence-corrected chi connectivity index (χ0v) is 9.88. The summed E-state index contributed by atoms with van der Waals surface area (Å²) < 4.78 is 1.35. The minimum atomic E-state index is 0.925. The molecular weight excluding hydrogens is 190 g/mol. The lowest BCUT2D eigenvalue weighted by Gasteiger charge is -2.11. The quantitative estimate of drug-likeness (QED) is 0.697. The van der Waals surface area contributed by atoms with Gasteiger partial charge in [0.05, 0.1) is 5.69 Å². The molecule has 0 radical (unpaired) electrons. The molecule has 2 N–H and O–H groups in total. The molecule has 2 rings (SSSR count). The molecule has 14 heavy (non-hydrogen) atoms. The SMILES string of the molecule is Cc1c(C)c(C)c2c(N)csc2c1C. The molecule has 0 saturated carbocycles. The van der Waals surface area contributed by atoms with Gasteiger partial charge in [-0.15, -0.1) is 11.3 Å². The van der Waals surface area contributed by atoms with Gasteiger partial charge in [0, 0.05) is 15.5 Å². The highest BCUT2D eigenvalue weighted by molar-refractivity contribution is 7.18. The van der Waals surface area contributed by atoms with E-state index in [1.165, 1.54) is 32.3 Å². The van der Waals surface area contributed by atoms with Crippen molar-refractivity contribution in [2.75, 3.05) is 5.73 Å². The van der Waals surface area contributed by atoms with Crippen LogP contribution in [0, 0.1) is 27.7 Å². The first kappa shape index (κ1) is 9.53. The summed E-state index contributed by atoms with van der Waals surface area (Å²) in [4.78, 5) is 0. The second-order valence-electron chi connectivity index (χ2n) is 3.90. The summed E-state index contributed by atoms with van der Waals surface area (Å²) in [5, 5.41) is 3.30. The van der Waals surface area contributed by atoms with E-state index in [2.05, 4.69) is 27.7 Å². The zero-order chi connectivity index (χ0) is 10.5. The molecule has 0 aliphatic heterocycles. The van der Waals surface area contributed by atoms with Gasteiger partial charge in [-0.05, 0) is 49.9 Å². The lowest BCUT2D eigenvalue weighted by Crippen LogP contribution is -1.93. The number of benzene rings is 1. The van der Waals surface area contributed by atoms with E-state index in [4.69, 9.17) is 5.73 Å². The largest absolute Gasteiger partial charge is 0.398 e. The third kappa shape index (κ3) is 1.07. The predicted octanol–water partition coefficient (Wildman–Crippen LogP) is 3.72. The van der Waals surface area contributed by atoms with Gasteiger partial charge < -0.3 is 5.73 Å². The maximum absolute atomic E-state index is 5.98. The number of nitrogens with two attached hydrogens (primary N) is 1. The van der Waals surface area contributed by atoms with Gasteiger partial charge in [0.1, 0.15) is 0 Å². The summed E-state index contributed by atoms with van der Waals surface area (Å²) in [6, 6.07) is 0. The van der Waals surface area contributed by atoms with Gasteiger partial charge in [-0.3, -0.25) is 0 Å². The number of rotatable bonds is 0. The zero-order valence-electron chi connectivity index (χ0n) is 9.06. The van der Waals surface area contributed by atoms with Crippen molar-refractivity contribution in [1.82, 2.24) is 0 Å². The van der Waals surface area contributed by atoms with Gasteiger partial charge in [-0.25, -0.2) is 0 Å². The van der Waals surface area contributed by atoms with Gasteiger partial charge >= 0.3 is 0 Å². The Balaban J connectivity index is 3.05. The fourth-order valence-electron chi connectivity index (χ4n) is 1.95. The number of fused-ring (bicyclic) bond motifs is 1. The Morgan fingerprint density at radius 1 is 0.929 bits per heavy atom. The summed E-state index contributed by atoms with van der Waals surface area (Å²) in [5.74, 6) is 0. The highest BCUT2D eigenvalue weighted by Crippen LogP contribution is 2.36. The van der Waals surface area contributed by atoms with Crippen LogP contribution < -0.4 is 5.73 Å². The van der Waals surface area contributed by atoms with Crippen LogP contribution in [-0.4, -0.2) is 0 Å². The monoisotopic (exact) mass is 205 g/mol. The second-order valence-corrected chi connectivity index (χ2v) is 4.77. The summed E-state index contributed by atoms with van der Waals surface area (Å²) >= 11 is 1.75. The third-order valence-corrected chi connectivity index (χ3v) is 4.34. The van der Waals surface area contributed by atoms with Crippen molar-refractivity contribution in [3.05, 3.63) is 27.6 Å². The van der Waals surface area contributed by atoms with Crippen LogP contribution in [0.3, 0.4) is 0 Å². The molecule has 0 aliphatic rings. The minimum Gasteiger partial charge on any atom is -0.398 e. The van der Waals surface area contributed by atoms with E-state index in [9.17, 15) is 0 Å². The number of aryl methyl sites for hydroxylation is 2. The van der Waals surface area contributed by atoms with Crippen LogP contribution in [0.15, 0.2) is 5.38 Å². The van der Waals surface area contributed by atoms with E-state index in [-0.39, 0.29) is 0 Å². The molecule has 74 valence electrons. The van der Waals surface area contributed by atoms with Crippen LogP contribution >= 0.6 is 11.3 Å². The van der Waals surface area contributed by atoms with Crippen molar-refractivity contribution >= 4 is 27.1 Å². The smallest absolute Gasteiger partial charge is 0.0505 e. The summed E-state index contributed by atoms with van der Waals surface area (Å²) in [7, 11) is 0. The molecule has 0 saturated heterocycles. The number of nitrogen functional groups attached to an aromatic ring is 1. The molecule has 1 heterocycles. The van der Waals surface area contributed by atoms with E-state index < -0.39 is 0 Å². The lowest BCUT2D eigenvalue weighted by molar-refractivity contribution is 1.26. The maximum atomic E-state index is 5.98. The van der Waals surface area contributed by atoms with Gasteiger partial charge in [-0.1, -0.05) is 0 Å². The van der Waals surface area contributed by atoms with Crippen LogP contribution in [0.25, 0.3) is 10.1 Å². The van der Waals surface area contributed by atoms with E-state index in [1.807, 2.05) is 5.38 Å². The van der Waals surface area contributed by atoms with Gasteiger partial charge in [0.25, 0.3) is 0 Å². The molecule has 1 aromatic carbocycles. The highest BCUT2D eigenvalue weighted by atomic mass is 32.1. The van der Waals surface area contributed by atoms with Crippen molar-refractivity contribution in [2.24, 2.45) is 0 Å². The van der Waals surface area contributed by atoms with Crippen LogP contribution in [-0.2, 0) is 0 Å². The molecule has 0 unspecified atom stereocenters. The molecule has 1 aromatic heterocycles. The Bertz CT molecular complexity index is 509. The van der Waals surface area contributed by atoms with Crippen molar-refractivity contribution in [1.29, 1.82) is 0 Å². The first-order chi connectivity index (χ1) is 6.54. The number of thiophene rings is 1. The van der Waals surface area contributed by atoms with E-state index in [1.54, 1.807) is 11.3 Å². The van der Waals surface area contributed by atoms with Gasteiger partial charge in [-0.2, -0.15) is 0 Å². The van der Waals surface area contributed by atoms with Crippen molar-refractivity contribution in [2.45, 2.75) is 27.7 Å². The molecule has 2 aromatic rings. The maximum Gasteiger partial charge on any atom is 0.0505 e. The summed E-state index contributed by atoms with van der Waals surface area (Å²) in [5.41, 5.74) is 12.4. The van der Waals surface area contributed by atoms with Crippen LogP contribution in [0.4, 0.5) is 5.69 Å². The molecule has 0 bridgehead atoms. The molecule has 2 heteroatoms. The number of hydrogen-bond donors (Lipinski definition) is 1. The summed E-state index contributed by atoms with van der Waals surface area (Å²) in [6.45, 7) is 8.70. The van der Waals surface area contributed by atoms with Crippen LogP contribution in [0.1, 0.15) is 22.3 Å². The normalized spacial score (nSPS) is 11.1. The lowest BCUT2D eigenvalue weighted by atomic mass is 9.96. The van der Waals surface area contributed by atoms with E-state index in [0.717, 1.165) is 5.69 Å². The van der Waals surface area contributed by atoms with Gasteiger partial charge in [0.15, 0.2) is 0 Å². The third-order valence-electron chi connectivity index (χ3n) is 3.22. The molecule has 0 atom stereocenters. The Morgan fingerprint density at radius 3 is 2.14 bits per heavy atom. The Labute approximate surface area is 88.6 Å². The molecule has 0 amide bonds. The first-order valence-corrected chi connectivity index (χ1v) is 5.65. The number of anilines is 1. The van der Waals surface area contributed by atoms with Crippen molar-refractivity contribution in [3.63, 3.8) is 0 Å².